The lowest BCUT2D eigenvalue weighted by atomic mass is 9.52. The van der Waals surface area contributed by atoms with Crippen LogP contribution in [0.3, 0.4) is 0 Å². The van der Waals surface area contributed by atoms with E-state index in [0.29, 0.717) is 6.04 Å². The van der Waals surface area contributed by atoms with Crippen molar-refractivity contribution in [2.45, 2.75) is 43.4 Å². The highest BCUT2D eigenvalue weighted by molar-refractivity contribution is 5.67. The third-order valence-corrected chi connectivity index (χ3v) is 6.66. The highest BCUT2D eigenvalue weighted by Gasteiger charge is 2.65. The molecule has 25 heavy (non-hydrogen) atoms. The number of likely N-dealkylation sites (N-methyl/N-ethyl adjacent to an activating group) is 1. The molecule has 5 atom stereocenters. The predicted octanol–water partition coefficient (Wildman–Crippen LogP) is 2.07. The van der Waals surface area contributed by atoms with Crippen molar-refractivity contribution in [3.8, 4) is 11.5 Å². The Labute approximate surface area is 147 Å². The summed E-state index contributed by atoms with van der Waals surface area (Å²) >= 11 is 0. The van der Waals surface area contributed by atoms with E-state index >= 15 is 0 Å². The quantitative estimate of drug-likeness (QED) is 0.609. The van der Waals surface area contributed by atoms with Gasteiger partial charge in [-0.05, 0) is 50.2 Å². The van der Waals surface area contributed by atoms with Gasteiger partial charge >= 0.3 is 5.97 Å². The van der Waals surface area contributed by atoms with Gasteiger partial charge in [0.25, 0.3) is 0 Å². The van der Waals surface area contributed by atoms with Gasteiger partial charge in [-0.2, -0.15) is 0 Å². The summed E-state index contributed by atoms with van der Waals surface area (Å²) in [6.07, 6.45) is 5.88. The molecule has 5 rings (SSSR count). The van der Waals surface area contributed by atoms with Crippen LogP contribution >= 0.6 is 0 Å². The summed E-state index contributed by atoms with van der Waals surface area (Å²) in [5.41, 5.74) is 2.53. The summed E-state index contributed by atoms with van der Waals surface area (Å²) in [7, 11) is 3.87. The molecule has 0 radical (unpaired) electrons. The third kappa shape index (κ3) is 1.79. The van der Waals surface area contributed by atoms with Crippen molar-refractivity contribution < 1.29 is 19.0 Å². The molecule has 1 fully saturated rings. The second kappa shape index (κ2) is 5.01. The van der Waals surface area contributed by atoms with E-state index in [1.165, 1.54) is 18.1 Å². The van der Waals surface area contributed by atoms with Gasteiger partial charge in [0.1, 0.15) is 12.2 Å². The highest BCUT2D eigenvalue weighted by Crippen LogP contribution is 2.62. The molecular formula is C20H23NO4. The van der Waals surface area contributed by atoms with Crippen molar-refractivity contribution >= 4 is 5.97 Å². The van der Waals surface area contributed by atoms with Crippen LogP contribution in [0.1, 0.15) is 24.5 Å². The van der Waals surface area contributed by atoms with Crippen LogP contribution in [0.25, 0.3) is 0 Å². The zero-order chi connectivity index (χ0) is 17.3. The third-order valence-electron chi connectivity index (χ3n) is 6.66. The zero-order valence-electron chi connectivity index (χ0n) is 14.8. The van der Waals surface area contributed by atoms with Crippen molar-refractivity contribution in [3.63, 3.8) is 0 Å². The lowest BCUT2D eigenvalue weighted by Crippen LogP contribution is -2.66. The van der Waals surface area contributed by atoms with Gasteiger partial charge in [-0.1, -0.05) is 6.07 Å². The Kier molecular flexibility index (Phi) is 3.06. The summed E-state index contributed by atoms with van der Waals surface area (Å²) in [4.78, 5) is 14.1. The molecule has 0 N–H and O–H groups in total. The molecule has 2 heterocycles. The summed E-state index contributed by atoms with van der Waals surface area (Å²) in [6.45, 7) is 2.52. The van der Waals surface area contributed by atoms with Gasteiger partial charge in [-0.25, -0.2) is 0 Å². The molecule has 1 spiro atoms. The molecule has 2 aliphatic heterocycles. The Bertz CT molecular complexity index is 788. The van der Waals surface area contributed by atoms with Crippen LogP contribution in [0.4, 0.5) is 0 Å². The van der Waals surface area contributed by atoms with Gasteiger partial charge in [-0.15, -0.1) is 0 Å². The van der Waals surface area contributed by atoms with Gasteiger partial charge < -0.3 is 19.1 Å². The second-order valence-electron chi connectivity index (χ2n) is 7.70. The normalized spacial score (nSPS) is 37.2. The predicted molar refractivity (Wildman–Crippen MR) is 92.0 cm³/mol. The van der Waals surface area contributed by atoms with Gasteiger partial charge in [0, 0.05) is 29.9 Å². The summed E-state index contributed by atoms with van der Waals surface area (Å²) in [6, 6.07) is 4.55. The number of methoxy groups -OCH3 is 1. The molecule has 2 aliphatic carbocycles. The summed E-state index contributed by atoms with van der Waals surface area (Å²) < 4.78 is 17.7. The standard InChI is InChI=1S/C20H23NO4/c1-11(22)24-14-6-7-16-20-8-9-21(2)13(18(14)20)10-12-4-5-15(23-3)19(25-16)17(12)20/h4-7,13-14,16,18H,8-10H2,1-3H3/t13-,14-,16+,18-,20-/m1/s1. The fourth-order valence-electron chi connectivity index (χ4n) is 5.74. The van der Waals surface area contributed by atoms with Crippen LogP contribution in [0, 0.1) is 5.92 Å². The smallest absolute Gasteiger partial charge is 0.303 e. The summed E-state index contributed by atoms with van der Waals surface area (Å²) in [5.74, 6) is 1.69. The van der Waals surface area contributed by atoms with E-state index in [0.717, 1.165) is 30.9 Å². The molecule has 1 saturated heterocycles. The number of ether oxygens (including phenoxy) is 3. The molecule has 1 aromatic rings. The molecular weight excluding hydrogens is 318 g/mol. The average Bonchev–Trinajstić information content (AvgIpc) is 2.92. The molecule has 0 amide bonds. The lowest BCUT2D eigenvalue weighted by molar-refractivity contribution is -0.153. The number of nitrogens with zero attached hydrogens (tertiary/aromatic N) is 1. The first-order chi connectivity index (χ1) is 12.1. The monoisotopic (exact) mass is 341 g/mol. The SMILES string of the molecule is COc1ccc2c3c1O[C@H]1C=C[C@@H](OC(C)=O)[C@H]4[C@@H](C2)N(C)CC[C@@]341. The van der Waals surface area contributed by atoms with Crippen LogP contribution in [-0.4, -0.2) is 49.8 Å². The lowest BCUT2D eigenvalue weighted by Gasteiger charge is -2.57. The number of hydrogen-bond donors (Lipinski definition) is 0. The molecule has 5 nitrogen and oxygen atoms in total. The number of carbonyl (C=O) groups is 1. The maximum atomic E-state index is 11.7. The molecule has 132 valence electrons. The molecule has 0 unspecified atom stereocenters. The Balaban J connectivity index is 1.75. The molecule has 4 aliphatic rings. The largest absolute Gasteiger partial charge is 0.493 e. The van der Waals surface area contributed by atoms with E-state index in [9.17, 15) is 4.79 Å². The van der Waals surface area contributed by atoms with Crippen molar-refractivity contribution in [1.29, 1.82) is 0 Å². The second-order valence-corrected chi connectivity index (χ2v) is 7.70. The maximum Gasteiger partial charge on any atom is 0.303 e. The number of piperidine rings is 1. The minimum Gasteiger partial charge on any atom is -0.493 e. The van der Waals surface area contributed by atoms with Crippen LogP contribution in [0.5, 0.6) is 11.5 Å². The van der Waals surface area contributed by atoms with Gasteiger partial charge in [0.05, 0.1) is 7.11 Å². The van der Waals surface area contributed by atoms with Gasteiger partial charge in [-0.3, -0.25) is 4.79 Å². The average molecular weight is 341 g/mol. The van der Waals surface area contributed by atoms with Crippen molar-refractivity contribution in [1.82, 2.24) is 4.90 Å². The highest BCUT2D eigenvalue weighted by atomic mass is 16.5. The first-order valence-electron chi connectivity index (χ1n) is 8.99. The van der Waals surface area contributed by atoms with E-state index in [-0.39, 0.29) is 29.5 Å². The van der Waals surface area contributed by atoms with E-state index in [2.05, 4.69) is 24.1 Å². The Hall–Kier alpha value is -2.01. The molecule has 1 aromatic carbocycles. The van der Waals surface area contributed by atoms with Gasteiger partial charge in [0.15, 0.2) is 11.5 Å². The number of esters is 1. The fourth-order valence-corrected chi connectivity index (χ4v) is 5.74. The van der Waals surface area contributed by atoms with Crippen molar-refractivity contribution in [3.05, 3.63) is 35.4 Å². The minimum atomic E-state index is -0.221. The van der Waals surface area contributed by atoms with Crippen molar-refractivity contribution in [2.24, 2.45) is 5.92 Å². The number of benzene rings is 1. The molecule has 2 bridgehead atoms. The molecule has 0 aromatic heterocycles. The zero-order valence-corrected chi connectivity index (χ0v) is 14.8. The minimum absolute atomic E-state index is 0.00846. The van der Waals surface area contributed by atoms with Crippen molar-refractivity contribution in [2.75, 3.05) is 20.7 Å². The Morgan fingerprint density at radius 3 is 2.96 bits per heavy atom. The van der Waals surface area contributed by atoms with Gasteiger partial charge in [0.2, 0.25) is 0 Å². The topological polar surface area (TPSA) is 48.0 Å². The van der Waals surface area contributed by atoms with Crippen LogP contribution < -0.4 is 9.47 Å². The number of likely N-dealkylation sites (tertiary alicyclic amines) is 1. The Morgan fingerprint density at radius 1 is 1.36 bits per heavy atom. The van der Waals surface area contributed by atoms with E-state index in [4.69, 9.17) is 14.2 Å². The van der Waals surface area contributed by atoms with Crippen LogP contribution in [0.15, 0.2) is 24.3 Å². The number of carbonyl (C=O) groups excluding carboxylic acids is 1. The van der Waals surface area contributed by atoms with E-state index < -0.39 is 0 Å². The van der Waals surface area contributed by atoms with Crippen LogP contribution in [-0.2, 0) is 21.4 Å². The number of rotatable bonds is 2. The Morgan fingerprint density at radius 2 is 2.20 bits per heavy atom. The van der Waals surface area contributed by atoms with E-state index in [1.54, 1.807) is 7.11 Å². The molecule has 0 saturated carbocycles. The maximum absolute atomic E-state index is 11.7. The summed E-state index contributed by atoms with van der Waals surface area (Å²) in [5, 5.41) is 0. The first kappa shape index (κ1) is 15.3. The van der Waals surface area contributed by atoms with E-state index in [1.807, 2.05) is 12.1 Å². The fraction of sp³-hybridized carbons (Fsp3) is 0.550. The number of hydrogen-bond acceptors (Lipinski definition) is 5. The molecule has 5 heteroatoms. The first-order valence-corrected chi connectivity index (χ1v) is 8.99. The van der Waals surface area contributed by atoms with Crippen LogP contribution in [0.2, 0.25) is 0 Å².